The highest BCUT2D eigenvalue weighted by Crippen LogP contribution is 2.26. The van der Waals surface area contributed by atoms with E-state index in [9.17, 15) is 9.18 Å². The first-order valence-electron chi connectivity index (χ1n) is 10.2. The quantitative estimate of drug-likeness (QED) is 0.583. The third-order valence-corrected chi connectivity index (χ3v) is 6.88. The Morgan fingerprint density at radius 3 is 2.81 bits per heavy atom. The molecule has 3 heterocycles. The molecule has 4 rings (SSSR count). The molecule has 0 atom stereocenters. The minimum atomic E-state index is -0.555. The molecule has 1 N–H and O–H groups in total. The zero-order chi connectivity index (χ0) is 22.7. The fourth-order valence-electron chi connectivity index (χ4n) is 3.79. The summed E-state index contributed by atoms with van der Waals surface area (Å²) in [6, 6.07) is 5.25. The summed E-state index contributed by atoms with van der Waals surface area (Å²) in [6.07, 6.45) is 3.34. The number of aliphatic hydroxyl groups excluding tert-OH is 1. The molecule has 0 unspecified atom stereocenters. The summed E-state index contributed by atoms with van der Waals surface area (Å²) in [5.41, 5.74) is 2.51. The summed E-state index contributed by atoms with van der Waals surface area (Å²) >= 11 is 7.53. The van der Waals surface area contributed by atoms with Crippen LogP contribution in [-0.4, -0.2) is 58.7 Å². The second kappa shape index (κ2) is 9.82. The van der Waals surface area contributed by atoms with Crippen LogP contribution in [0.2, 0.25) is 5.02 Å². The molecule has 2 aromatic heterocycles. The number of aliphatic hydroxyl groups is 1. The molecule has 1 fully saturated rings. The number of halogens is 2. The number of nitrogens with zero attached hydrogens (tertiary/aromatic N) is 4. The number of piperidine rings is 1. The second-order valence-corrected chi connectivity index (χ2v) is 8.91. The summed E-state index contributed by atoms with van der Waals surface area (Å²) in [4.78, 5) is 26.5. The fraction of sp³-hybridized carbons (Fsp3) is 0.348. The summed E-state index contributed by atoms with van der Waals surface area (Å²) < 4.78 is 12.8. The Balaban J connectivity index is 1.45. The van der Waals surface area contributed by atoms with Crippen LogP contribution in [0.4, 0.5) is 10.2 Å². The van der Waals surface area contributed by atoms with Crippen molar-refractivity contribution in [2.45, 2.75) is 25.6 Å². The molecule has 1 saturated heterocycles. The lowest BCUT2D eigenvalue weighted by atomic mass is 10.0. The molecule has 1 aliphatic heterocycles. The van der Waals surface area contributed by atoms with E-state index < -0.39 is 6.67 Å². The van der Waals surface area contributed by atoms with Gasteiger partial charge in [-0.2, -0.15) is 0 Å². The summed E-state index contributed by atoms with van der Waals surface area (Å²) in [5, 5.41) is 11.1. The summed E-state index contributed by atoms with van der Waals surface area (Å²) in [7, 11) is 1.81. The molecule has 0 saturated carbocycles. The van der Waals surface area contributed by atoms with Gasteiger partial charge in [0.05, 0.1) is 27.1 Å². The number of carbonyl (C=O) groups is 1. The minimum Gasteiger partial charge on any atom is -0.384 e. The molecule has 0 aliphatic carbocycles. The number of amides is 1. The Hall–Kier alpha value is -2.73. The van der Waals surface area contributed by atoms with Crippen LogP contribution in [0.25, 0.3) is 11.0 Å². The molecule has 1 amide bonds. The number of alkyl halides is 1. The summed E-state index contributed by atoms with van der Waals surface area (Å²) in [6.45, 7) is 0.691. The number of benzene rings is 1. The lowest BCUT2D eigenvalue weighted by Crippen LogP contribution is -2.45. The zero-order valence-corrected chi connectivity index (χ0v) is 19.1. The van der Waals surface area contributed by atoms with Crippen LogP contribution < -0.4 is 4.90 Å². The van der Waals surface area contributed by atoms with Gasteiger partial charge in [0, 0.05) is 31.7 Å². The Labute approximate surface area is 194 Å². The van der Waals surface area contributed by atoms with Gasteiger partial charge in [-0.15, -0.1) is 11.3 Å². The van der Waals surface area contributed by atoms with Crippen molar-refractivity contribution >= 4 is 45.7 Å². The van der Waals surface area contributed by atoms with Crippen LogP contribution in [0.3, 0.4) is 0 Å². The SMILES string of the molecule is CN(C(=O)c1cc(CF)cs1)C1CCN(c2cnc3cc(Cl)c(C#CCO)cc3n2)CC1. The van der Waals surface area contributed by atoms with E-state index in [2.05, 4.69) is 21.7 Å². The number of rotatable bonds is 4. The lowest BCUT2D eigenvalue weighted by molar-refractivity contribution is 0.0714. The first-order chi connectivity index (χ1) is 15.5. The van der Waals surface area contributed by atoms with Crippen LogP contribution >= 0.6 is 22.9 Å². The van der Waals surface area contributed by atoms with Gasteiger partial charge in [-0.3, -0.25) is 9.78 Å². The zero-order valence-electron chi connectivity index (χ0n) is 17.5. The van der Waals surface area contributed by atoms with E-state index >= 15 is 0 Å². The van der Waals surface area contributed by atoms with Crippen molar-refractivity contribution in [3.63, 3.8) is 0 Å². The first-order valence-corrected chi connectivity index (χ1v) is 11.5. The molecular formula is C23H22ClFN4O2S. The number of hydrogen-bond donors (Lipinski definition) is 1. The highest BCUT2D eigenvalue weighted by atomic mass is 35.5. The summed E-state index contributed by atoms with van der Waals surface area (Å²) in [5.74, 6) is 6.13. The number of carbonyl (C=O) groups excluding carboxylic acids is 1. The van der Waals surface area contributed by atoms with E-state index in [-0.39, 0.29) is 18.6 Å². The van der Waals surface area contributed by atoms with Crippen molar-refractivity contribution in [2.75, 3.05) is 31.6 Å². The maximum absolute atomic E-state index is 12.8. The highest BCUT2D eigenvalue weighted by Gasteiger charge is 2.27. The third-order valence-electron chi connectivity index (χ3n) is 5.60. The topological polar surface area (TPSA) is 69.6 Å². The smallest absolute Gasteiger partial charge is 0.263 e. The van der Waals surface area contributed by atoms with Crippen LogP contribution in [0.1, 0.15) is 33.6 Å². The van der Waals surface area contributed by atoms with E-state index in [0.717, 1.165) is 31.7 Å². The van der Waals surface area contributed by atoms with Gasteiger partial charge in [-0.1, -0.05) is 23.4 Å². The number of thiophene rings is 1. The monoisotopic (exact) mass is 472 g/mol. The van der Waals surface area contributed by atoms with E-state index in [1.54, 1.807) is 34.7 Å². The number of hydrogen-bond acceptors (Lipinski definition) is 6. The standard InChI is InChI=1S/C23H22ClFN4O2S/c1-28(23(31)21-9-15(12-25)14-32-21)17-4-6-29(7-5-17)22-13-26-19-11-18(24)16(3-2-8-30)10-20(19)27-22/h9-11,13-14,17,30H,4-8,12H2,1H3. The molecule has 166 valence electrons. The van der Waals surface area contributed by atoms with Gasteiger partial charge in [0.1, 0.15) is 19.1 Å². The van der Waals surface area contributed by atoms with E-state index in [1.165, 1.54) is 11.3 Å². The molecule has 0 spiro atoms. The van der Waals surface area contributed by atoms with Crippen LogP contribution in [0.15, 0.2) is 29.8 Å². The Morgan fingerprint density at radius 1 is 1.34 bits per heavy atom. The molecule has 9 heteroatoms. The van der Waals surface area contributed by atoms with Gasteiger partial charge in [0.25, 0.3) is 5.91 Å². The number of anilines is 1. The van der Waals surface area contributed by atoms with Gasteiger partial charge in [-0.05, 0) is 42.0 Å². The van der Waals surface area contributed by atoms with Gasteiger partial charge in [-0.25, -0.2) is 9.37 Å². The van der Waals surface area contributed by atoms with Gasteiger partial charge in [0.15, 0.2) is 0 Å². The average molecular weight is 473 g/mol. The van der Waals surface area contributed by atoms with Gasteiger partial charge < -0.3 is 14.9 Å². The third kappa shape index (κ3) is 4.70. The normalized spacial score (nSPS) is 14.3. The maximum atomic E-state index is 12.8. The van der Waals surface area contributed by atoms with Gasteiger partial charge >= 0.3 is 0 Å². The van der Waals surface area contributed by atoms with E-state index in [1.807, 2.05) is 7.05 Å². The molecule has 1 aliphatic rings. The molecule has 32 heavy (non-hydrogen) atoms. The number of fused-ring (bicyclic) bond motifs is 1. The van der Waals surface area contributed by atoms with Crippen molar-refractivity contribution in [3.8, 4) is 11.8 Å². The largest absolute Gasteiger partial charge is 0.384 e. The molecule has 0 radical (unpaired) electrons. The average Bonchev–Trinajstić information content (AvgIpc) is 3.31. The Bertz CT molecular complexity index is 1200. The van der Waals surface area contributed by atoms with Crippen molar-refractivity contribution in [2.24, 2.45) is 0 Å². The highest BCUT2D eigenvalue weighted by molar-refractivity contribution is 7.12. The van der Waals surface area contributed by atoms with E-state index in [0.29, 0.717) is 32.1 Å². The molecule has 0 bridgehead atoms. The minimum absolute atomic E-state index is 0.0629. The van der Waals surface area contributed by atoms with Crippen molar-refractivity contribution in [3.05, 3.63) is 50.8 Å². The van der Waals surface area contributed by atoms with Crippen molar-refractivity contribution in [1.82, 2.24) is 14.9 Å². The van der Waals surface area contributed by atoms with Gasteiger partial charge in [0.2, 0.25) is 0 Å². The molecule has 1 aromatic carbocycles. The molecule has 3 aromatic rings. The second-order valence-electron chi connectivity index (χ2n) is 7.60. The van der Waals surface area contributed by atoms with Crippen LogP contribution in [0, 0.1) is 11.8 Å². The Morgan fingerprint density at radius 2 is 2.12 bits per heavy atom. The predicted octanol–water partition coefficient (Wildman–Crippen LogP) is 3.90. The molecular weight excluding hydrogens is 451 g/mol. The maximum Gasteiger partial charge on any atom is 0.263 e. The van der Waals surface area contributed by atoms with E-state index in [4.69, 9.17) is 21.7 Å². The van der Waals surface area contributed by atoms with Crippen LogP contribution in [-0.2, 0) is 6.67 Å². The van der Waals surface area contributed by atoms with Crippen molar-refractivity contribution < 1.29 is 14.3 Å². The number of aromatic nitrogens is 2. The Kier molecular flexibility index (Phi) is 6.89. The lowest BCUT2D eigenvalue weighted by Gasteiger charge is -2.37. The molecule has 6 nitrogen and oxygen atoms in total. The fourth-order valence-corrected chi connectivity index (χ4v) is 4.87. The van der Waals surface area contributed by atoms with Crippen molar-refractivity contribution in [1.29, 1.82) is 0 Å². The van der Waals surface area contributed by atoms with Crippen LogP contribution in [0.5, 0.6) is 0 Å². The first kappa shape index (κ1) is 22.5. The predicted molar refractivity (Wildman–Crippen MR) is 125 cm³/mol.